The third-order valence-corrected chi connectivity index (χ3v) is 3.30. The van der Waals surface area contributed by atoms with Gasteiger partial charge in [-0.1, -0.05) is 6.92 Å². The Bertz CT molecular complexity index is 175. The van der Waals surface area contributed by atoms with Gasteiger partial charge in [-0.15, -0.1) is 0 Å². The number of ether oxygens (including phenoxy) is 1. The molecule has 0 spiro atoms. The Morgan fingerprint density at radius 2 is 2.20 bits per heavy atom. The number of nitrogens with one attached hydrogen (secondary N) is 1. The molecule has 0 bridgehead atoms. The molecule has 90 valence electrons. The minimum absolute atomic E-state index is 0.323. The first-order valence-corrected chi connectivity index (χ1v) is 6.25. The molecular weight excluding hydrogens is 188 g/mol. The van der Waals surface area contributed by atoms with Gasteiger partial charge in [-0.05, 0) is 26.7 Å². The van der Waals surface area contributed by atoms with Gasteiger partial charge in [-0.25, -0.2) is 0 Å². The van der Waals surface area contributed by atoms with Crippen LogP contribution in [0, 0.1) is 0 Å². The Labute approximate surface area is 94.2 Å². The van der Waals surface area contributed by atoms with Gasteiger partial charge in [0.25, 0.3) is 0 Å². The molecule has 1 saturated heterocycles. The fourth-order valence-electron chi connectivity index (χ4n) is 2.11. The van der Waals surface area contributed by atoms with Crippen molar-refractivity contribution in [1.82, 2.24) is 10.2 Å². The molecule has 1 unspecified atom stereocenters. The zero-order valence-corrected chi connectivity index (χ0v) is 10.5. The molecule has 1 fully saturated rings. The first-order chi connectivity index (χ1) is 7.20. The summed E-state index contributed by atoms with van der Waals surface area (Å²) >= 11 is 0. The smallest absolute Gasteiger partial charge is 0.0478 e. The monoisotopic (exact) mass is 214 g/mol. The van der Waals surface area contributed by atoms with Gasteiger partial charge >= 0.3 is 0 Å². The Morgan fingerprint density at radius 1 is 1.40 bits per heavy atom. The molecule has 3 nitrogen and oxygen atoms in total. The number of piperazine rings is 1. The zero-order chi connectivity index (χ0) is 11.1. The first-order valence-electron chi connectivity index (χ1n) is 6.25. The average Bonchev–Trinajstić information content (AvgIpc) is 2.25. The van der Waals surface area contributed by atoms with Gasteiger partial charge < -0.3 is 15.0 Å². The number of rotatable bonds is 6. The Kier molecular flexibility index (Phi) is 5.58. The van der Waals surface area contributed by atoms with Crippen LogP contribution in [0.25, 0.3) is 0 Å². The van der Waals surface area contributed by atoms with Crippen molar-refractivity contribution < 1.29 is 4.74 Å². The summed E-state index contributed by atoms with van der Waals surface area (Å²) in [5, 5.41) is 3.60. The molecule has 0 aromatic heterocycles. The number of nitrogens with zero attached hydrogens (tertiary/aromatic N) is 1. The summed E-state index contributed by atoms with van der Waals surface area (Å²) in [7, 11) is 0. The van der Waals surface area contributed by atoms with Crippen LogP contribution in [0.1, 0.15) is 33.6 Å². The van der Waals surface area contributed by atoms with Crippen LogP contribution in [0.15, 0.2) is 0 Å². The third kappa shape index (κ3) is 4.49. The van der Waals surface area contributed by atoms with Crippen LogP contribution in [0.5, 0.6) is 0 Å². The molecule has 1 heterocycles. The molecule has 0 saturated carbocycles. The van der Waals surface area contributed by atoms with Gasteiger partial charge in [0.05, 0.1) is 0 Å². The SMILES string of the molecule is CCOCCCN1CCNC(C)(CC)C1. The lowest BCUT2D eigenvalue weighted by Crippen LogP contribution is -2.58. The molecule has 1 atom stereocenters. The molecule has 0 radical (unpaired) electrons. The fourth-order valence-corrected chi connectivity index (χ4v) is 2.11. The Hall–Kier alpha value is -0.120. The maximum atomic E-state index is 5.36. The minimum atomic E-state index is 0.323. The summed E-state index contributed by atoms with van der Waals surface area (Å²) < 4.78 is 5.36. The van der Waals surface area contributed by atoms with Crippen LogP contribution >= 0.6 is 0 Å². The standard InChI is InChI=1S/C12H26N2O/c1-4-12(3)11-14(9-7-13-12)8-6-10-15-5-2/h13H,4-11H2,1-3H3. The van der Waals surface area contributed by atoms with Crippen LogP contribution in [0.3, 0.4) is 0 Å². The van der Waals surface area contributed by atoms with Crippen LogP contribution in [0.2, 0.25) is 0 Å². The second-order valence-corrected chi connectivity index (χ2v) is 4.67. The van der Waals surface area contributed by atoms with Crippen LogP contribution < -0.4 is 5.32 Å². The second kappa shape index (κ2) is 6.46. The summed E-state index contributed by atoms with van der Waals surface area (Å²) in [5.74, 6) is 0. The highest BCUT2D eigenvalue weighted by atomic mass is 16.5. The topological polar surface area (TPSA) is 24.5 Å². The van der Waals surface area contributed by atoms with Crippen LogP contribution in [0.4, 0.5) is 0 Å². The van der Waals surface area contributed by atoms with Crippen LogP contribution in [-0.4, -0.2) is 49.8 Å². The summed E-state index contributed by atoms with van der Waals surface area (Å²) in [6.07, 6.45) is 2.36. The van der Waals surface area contributed by atoms with Crippen molar-refractivity contribution in [2.75, 3.05) is 39.4 Å². The highest BCUT2D eigenvalue weighted by Crippen LogP contribution is 2.14. The maximum Gasteiger partial charge on any atom is 0.0478 e. The van der Waals surface area contributed by atoms with E-state index < -0.39 is 0 Å². The Balaban J connectivity index is 2.18. The maximum absolute atomic E-state index is 5.36. The Morgan fingerprint density at radius 3 is 2.87 bits per heavy atom. The lowest BCUT2D eigenvalue weighted by molar-refractivity contribution is 0.106. The molecule has 0 amide bonds. The van der Waals surface area contributed by atoms with E-state index in [-0.39, 0.29) is 0 Å². The van der Waals surface area contributed by atoms with E-state index in [0.717, 1.165) is 26.2 Å². The normalized spacial score (nSPS) is 28.2. The van der Waals surface area contributed by atoms with Crippen LogP contribution in [-0.2, 0) is 4.74 Å². The first kappa shape index (κ1) is 12.9. The van der Waals surface area contributed by atoms with E-state index in [1.165, 1.54) is 26.1 Å². The van der Waals surface area contributed by atoms with Gasteiger partial charge in [-0.2, -0.15) is 0 Å². The number of hydrogen-bond donors (Lipinski definition) is 1. The van der Waals surface area contributed by atoms with E-state index in [9.17, 15) is 0 Å². The largest absolute Gasteiger partial charge is 0.382 e. The molecule has 15 heavy (non-hydrogen) atoms. The van der Waals surface area contributed by atoms with E-state index in [0.29, 0.717) is 5.54 Å². The van der Waals surface area contributed by atoms with Crippen molar-refractivity contribution in [2.45, 2.75) is 39.2 Å². The molecule has 1 N–H and O–H groups in total. The van der Waals surface area contributed by atoms with E-state index in [2.05, 4.69) is 31.0 Å². The molecule has 0 aromatic rings. The van der Waals surface area contributed by atoms with E-state index in [1.54, 1.807) is 0 Å². The van der Waals surface area contributed by atoms with E-state index in [1.807, 2.05) is 0 Å². The van der Waals surface area contributed by atoms with Crippen molar-refractivity contribution in [1.29, 1.82) is 0 Å². The van der Waals surface area contributed by atoms with E-state index >= 15 is 0 Å². The molecule has 0 aromatic carbocycles. The van der Waals surface area contributed by atoms with Gasteiger partial charge in [0.15, 0.2) is 0 Å². The molecule has 1 aliphatic heterocycles. The summed E-state index contributed by atoms with van der Waals surface area (Å²) in [6, 6.07) is 0. The molecule has 1 rings (SSSR count). The lowest BCUT2D eigenvalue weighted by atomic mass is 9.96. The lowest BCUT2D eigenvalue weighted by Gasteiger charge is -2.41. The van der Waals surface area contributed by atoms with Crippen molar-refractivity contribution in [3.05, 3.63) is 0 Å². The van der Waals surface area contributed by atoms with Crippen molar-refractivity contribution >= 4 is 0 Å². The van der Waals surface area contributed by atoms with Gasteiger partial charge in [0.2, 0.25) is 0 Å². The second-order valence-electron chi connectivity index (χ2n) is 4.67. The number of hydrogen-bond acceptors (Lipinski definition) is 3. The highest BCUT2D eigenvalue weighted by Gasteiger charge is 2.27. The molecule has 3 heteroatoms. The van der Waals surface area contributed by atoms with Crippen molar-refractivity contribution in [2.24, 2.45) is 0 Å². The summed E-state index contributed by atoms with van der Waals surface area (Å²) in [4.78, 5) is 2.55. The van der Waals surface area contributed by atoms with Crippen molar-refractivity contribution in [3.8, 4) is 0 Å². The van der Waals surface area contributed by atoms with Gasteiger partial charge in [-0.3, -0.25) is 0 Å². The quantitative estimate of drug-likeness (QED) is 0.678. The predicted octanol–water partition coefficient (Wildman–Crippen LogP) is 1.49. The highest BCUT2D eigenvalue weighted by molar-refractivity contribution is 4.89. The van der Waals surface area contributed by atoms with Gasteiger partial charge in [0, 0.05) is 44.9 Å². The zero-order valence-electron chi connectivity index (χ0n) is 10.5. The minimum Gasteiger partial charge on any atom is -0.382 e. The summed E-state index contributed by atoms with van der Waals surface area (Å²) in [6.45, 7) is 13.0. The predicted molar refractivity (Wildman–Crippen MR) is 64.2 cm³/mol. The average molecular weight is 214 g/mol. The van der Waals surface area contributed by atoms with E-state index in [4.69, 9.17) is 4.74 Å². The molecular formula is C12H26N2O. The van der Waals surface area contributed by atoms with Gasteiger partial charge in [0.1, 0.15) is 0 Å². The molecule has 0 aliphatic carbocycles. The summed E-state index contributed by atoms with van der Waals surface area (Å²) in [5.41, 5.74) is 0.323. The van der Waals surface area contributed by atoms with Crippen molar-refractivity contribution in [3.63, 3.8) is 0 Å². The third-order valence-electron chi connectivity index (χ3n) is 3.30. The fraction of sp³-hybridized carbons (Fsp3) is 1.00. The molecule has 1 aliphatic rings.